The van der Waals surface area contributed by atoms with Gasteiger partial charge in [0.25, 0.3) is 0 Å². The van der Waals surface area contributed by atoms with Crippen molar-refractivity contribution in [1.82, 2.24) is 9.80 Å². The molecule has 23 heavy (non-hydrogen) atoms. The molecule has 126 valence electrons. The van der Waals surface area contributed by atoms with Gasteiger partial charge in [0.1, 0.15) is 5.75 Å². The zero-order valence-electron chi connectivity index (χ0n) is 13.7. The fourth-order valence-corrected chi connectivity index (χ4v) is 2.62. The second kappa shape index (κ2) is 7.97. The molecule has 0 saturated carbocycles. The van der Waals surface area contributed by atoms with Gasteiger partial charge in [-0.25, -0.2) is 0 Å². The molecule has 0 bridgehead atoms. The van der Waals surface area contributed by atoms with E-state index in [4.69, 9.17) is 9.84 Å². The van der Waals surface area contributed by atoms with E-state index < -0.39 is 11.9 Å². The molecule has 0 aliphatic carbocycles. The number of amides is 1. The molecule has 0 aromatic heterocycles. The first-order valence-electron chi connectivity index (χ1n) is 7.83. The van der Waals surface area contributed by atoms with Gasteiger partial charge in [0.2, 0.25) is 5.91 Å². The van der Waals surface area contributed by atoms with E-state index >= 15 is 0 Å². The molecule has 1 aromatic carbocycles. The van der Waals surface area contributed by atoms with Gasteiger partial charge in [0.05, 0.1) is 12.5 Å². The van der Waals surface area contributed by atoms with Crippen LogP contribution in [0, 0.1) is 5.92 Å². The highest BCUT2D eigenvalue weighted by atomic mass is 16.5. The topological polar surface area (TPSA) is 70.1 Å². The molecule has 1 saturated heterocycles. The van der Waals surface area contributed by atoms with Gasteiger partial charge in [-0.15, -0.1) is 0 Å². The van der Waals surface area contributed by atoms with Crippen LogP contribution in [0.2, 0.25) is 0 Å². The lowest BCUT2D eigenvalue weighted by molar-refractivity contribution is -0.141. The number of likely N-dealkylation sites (tertiary alicyclic amines) is 1. The molecule has 1 N–H and O–H groups in total. The maximum atomic E-state index is 11.9. The largest absolute Gasteiger partial charge is 0.494 e. The summed E-state index contributed by atoms with van der Waals surface area (Å²) in [5.74, 6) is -0.816. The standard InChI is InChI=1S/C17H24N2O4/c1-18(2)7-4-8-23-15-6-3-5-13(9-15)11-19-12-14(17(21)22)10-16(19)20/h3,5-6,9,14H,4,7-8,10-12H2,1-2H3,(H,21,22). The lowest BCUT2D eigenvalue weighted by Crippen LogP contribution is -2.25. The SMILES string of the molecule is CN(C)CCCOc1cccc(CN2CC(C(=O)O)CC2=O)c1. The third kappa shape index (κ3) is 5.25. The number of carboxylic acids is 1. The van der Waals surface area contributed by atoms with E-state index in [9.17, 15) is 9.59 Å². The van der Waals surface area contributed by atoms with Crippen LogP contribution in [0.1, 0.15) is 18.4 Å². The molecule has 1 aliphatic rings. The number of carbonyl (C=O) groups excluding carboxylic acids is 1. The molecule has 0 radical (unpaired) electrons. The van der Waals surface area contributed by atoms with Crippen LogP contribution >= 0.6 is 0 Å². The first-order valence-corrected chi connectivity index (χ1v) is 7.83. The predicted octanol–water partition coefficient (Wildman–Crippen LogP) is 1.45. The van der Waals surface area contributed by atoms with E-state index in [-0.39, 0.29) is 18.9 Å². The Bertz CT molecular complexity index is 559. The van der Waals surface area contributed by atoms with Crippen molar-refractivity contribution in [3.05, 3.63) is 29.8 Å². The van der Waals surface area contributed by atoms with Gasteiger partial charge in [-0.3, -0.25) is 9.59 Å². The summed E-state index contributed by atoms with van der Waals surface area (Å²) in [7, 11) is 4.05. The van der Waals surface area contributed by atoms with E-state index in [2.05, 4.69) is 4.90 Å². The van der Waals surface area contributed by atoms with Crippen molar-refractivity contribution in [1.29, 1.82) is 0 Å². The zero-order valence-corrected chi connectivity index (χ0v) is 13.7. The molecule has 1 unspecified atom stereocenters. The van der Waals surface area contributed by atoms with Crippen LogP contribution < -0.4 is 4.74 Å². The van der Waals surface area contributed by atoms with E-state index in [1.165, 1.54) is 0 Å². The number of carbonyl (C=O) groups is 2. The summed E-state index contributed by atoms with van der Waals surface area (Å²) in [6, 6.07) is 7.63. The second-order valence-electron chi connectivity index (χ2n) is 6.17. The van der Waals surface area contributed by atoms with Gasteiger partial charge < -0.3 is 19.6 Å². The monoisotopic (exact) mass is 320 g/mol. The summed E-state index contributed by atoms with van der Waals surface area (Å²) in [6.07, 6.45) is 1.04. The average Bonchev–Trinajstić information content (AvgIpc) is 2.85. The van der Waals surface area contributed by atoms with Crippen LogP contribution in [0.3, 0.4) is 0 Å². The predicted molar refractivity (Wildman–Crippen MR) is 86.3 cm³/mol. The van der Waals surface area contributed by atoms with Crippen molar-refractivity contribution in [2.75, 3.05) is 33.8 Å². The van der Waals surface area contributed by atoms with Crippen LogP contribution in [0.25, 0.3) is 0 Å². The lowest BCUT2D eigenvalue weighted by atomic mass is 10.1. The maximum Gasteiger partial charge on any atom is 0.308 e. The Morgan fingerprint density at radius 1 is 1.43 bits per heavy atom. The average molecular weight is 320 g/mol. The van der Waals surface area contributed by atoms with Gasteiger partial charge >= 0.3 is 5.97 Å². The first-order chi connectivity index (χ1) is 11.0. The summed E-state index contributed by atoms with van der Waals surface area (Å²) in [5.41, 5.74) is 0.953. The Morgan fingerprint density at radius 2 is 2.22 bits per heavy atom. The Labute approximate surface area is 136 Å². The maximum absolute atomic E-state index is 11.9. The Hall–Kier alpha value is -2.08. The van der Waals surface area contributed by atoms with Crippen molar-refractivity contribution in [2.45, 2.75) is 19.4 Å². The number of aliphatic carboxylic acids is 1. The molecular weight excluding hydrogens is 296 g/mol. The molecule has 6 nitrogen and oxygen atoms in total. The molecule has 2 rings (SSSR count). The molecule has 1 fully saturated rings. The molecule has 1 atom stereocenters. The number of hydrogen-bond acceptors (Lipinski definition) is 4. The van der Waals surface area contributed by atoms with Crippen LogP contribution in [-0.2, 0) is 16.1 Å². The number of carboxylic acid groups (broad SMARTS) is 1. The summed E-state index contributed by atoms with van der Waals surface area (Å²) >= 11 is 0. The number of benzene rings is 1. The minimum absolute atomic E-state index is 0.0933. The van der Waals surface area contributed by atoms with Crippen LogP contribution in [-0.4, -0.2) is 60.6 Å². The third-order valence-corrected chi connectivity index (χ3v) is 3.85. The smallest absolute Gasteiger partial charge is 0.308 e. The van der Waals surface area contributed by atoms with E-state index in [1.807, 2.05) is 38.4 Å². The third-order valence-electron chi connectivity index (χ3n) is 3.85. The number of ether oxygens (including phenoxy) is 1. The molecule has 1 aliphatic heterocycles. The summed E-state index contributed by atoms with van der Waals surface area (Å²) in [4.78, 5) is 26.6. The quantitative estimate of drug-likeness (QED) is 0.734. The molecule has 0 spiro atoms. The summed E-state index contributed by atoms with van der Waals surface area (Å²) in [6.45, 7) is 2.32. The minimum atomic E-state index is -0.904. The summed E-state index contributed by atoms with van der Waals surface area (Å²) < 4.78 is 5.72. The summed E-state index contributed by atoms with van der Waals surface area (Å²) in [5, 5.41) is 9.02. The first kappa shape index (κ1) is 17.3. The Morgan fingerprint density at radius 3 is 2.87 bits per heavy atom. The van der Waals surface area contributed by atoms with Gasteiger partial charge in [0.15, 0.2) is 0 Å². The molecule has 6 heteroatoms. The molecule has 1 heterocycles. The fourth-order valence-electron chi connectivity index (χ4n) is 2.62. The van der Waals surface area contributed by atoms with Crippen LogP contribution in [0.4, 0.5) is 0 Å². The van der Waals surface area contributed by atoms with Crippen molar-refractivity contribution in [3.8, 4) is 5.75 Å². The van der Waals surface area contributed by atoms with Crippen molar-refractivity contribution >= 4 is 11.9 Å². The highest BCUT2D eigenvalue weighted by Crippen LogP contribution is 2.22. The highest BCUT2D eigenvalue weighted by molar-refractivity contribution is 5.86. The Kier molecular flexibility index (Phi) is 5.98. The normalized spacial score (nSPS) is 17.8. The van der Waals surface area contributed by atoms with Crippen LogP contribution in [0.5, 0.6) is 5.75 Å². The van der Waals surface area contributed by atoms with E-state index in [0.717, 1.165) is 24.3 Å². The van der Waals surface area contributed by atoms with Gasteiger partial charge in [-0.05, 0) is 38.2 Å². The van der Waals surface area contributed by atoms with E-state index in [0.29, 0.717) is 13.2 Å². The molecule has 1 amide bonds. The highest BCUT2D eigenvalue weighted by Gasteiger charge is 2.34. The van der Waals surface area contributed by atoms with Crippen LogP contribution in [0.15, 0.2) is 24.3 Å². The van der Waals surface area contributed by atoms with Gasteiger partial charge in [-0.1, -0.05) is 12.1 Å². The van der Waals surface area contributed by atoms with Crippen molar-refractivity contribution in [2.24, 2.45) is 5.92 Å². The zero-order chi connectivity index (χ0) is 16.8. The number of hydrogen-bond donors (Lipinski definition) is 1. The van der Waals surface area contributed by atoms with Gasteiger partial charge in [0, 0.05) is 26.1 Å². The lowest BCUT2D eigenvalue weighted by Gasteiger charge is -2.17. The molecule has 1 aromatic rings. The van der Waals surface area contributed by atoms with E-state index in [1.54, 1.807) is 4.90 Å². The Balaban J connectivity index is 1.87. The number of rotatable bonds is 8. The van der Waals surface area contributed by atoms with Crippen molar-refractivity contribution < 1.29 is 19.4 Å². The number of nitrogens with zero attached hydrogens (tertiary/aromatic N) is 2. The van der Waals surface area contributed by atoms with Crippen molar-refractivity contribution in [3.63, 3.8) is 0 Å². The second-order valence-corrected chi connectivity index (χ2v) is 6.17. The van der Waals surface area contributed by atoms with Gasteiger partial charge in [-0.2, -0.15) is 0 Å². The fraction of sp³-hybridized carbons (Fsp3) is 0.529. The minimum Gasteiger partial charge on any atom is -0.494 e. The molecular formula is C17H24N2O4.